The van der Waals surface area contributed by atoms with Crippen LogP contribution >= 0.6 is 28.6 Å². The first kappa shape index (κ1) is 11.5. The molecule has 4 heteroatoms. The molecule has 0 saturated heterocycles. The van der Waals surface area contributed by atoms with Gasteiger partial charge in [-0.25, -0.2) is 0 Å². The van der Waals surface area contributed by atoms with Gasteiger partial charge < -0.3 is 0 Å². The normalized spacial score (nSPS) is 12.2. The standard InChI is InChI=1S/C10H9BrO2S/c1-6(13)10(11)9-4-8(14)3-2-7(9)5-12/h2-5,10,14H,1H3. The summed E-state index contributed by atoms with van der Waals surface area (Å²) in [6.45, 7) is 1.47. The van der Waals surface area contributed by atoms with E-state index in [2.05, 4.69) is 28.6 Å². The summed E-state index contributed by atoms with van der Waals surface area (Å²) in [7, 11) is 0. The number of carbonyl (C=O) groups excluding carboxylic acids is 2. The number of hydrogen-bond acceptors (Lipinski definition) is 3. The Hall–Kier alpha value is -0.610. The largest absolute Gasteiger partial charge is 0.298 e. The molecule has 14 heavy (non-hydrogen) atoms. The number of Topliss-reactive ketones (excluding diaryl/α,β-unsaturated/α-hetero) is 1. The highest BCUT2D eigenvalue weighted by Gasteiger charge is 2.16. The van der Waals surface area contributed by atoms with E-state index in [1.807, 2.05) is 0 Å². The van der Waals surface area contributed by atoms with E-state index in [0.29, 0.717) is 11.1 Å². The molecule has 0 aliphatic heterocycles. The molecule has 0 aliphatic rings. The minimum absolute atomic E-state index is 0.0352. The smallest absolute Gasteiger partial charge is 0.150 e. The van der Waals surface area contributed by atoms with Crippen molar-refractivity contribution in [2.24, 2.45) is 0 Å². The third-order valence-corrected chi connectivity index (χ3v) is 3.24. The van der Waals surface area contributed by atoms with Gasteiger partial charge in [0.1, 0.15) is 12.1 Å². The van der Waals surface area contributed by atoms with E-state index in [4.69, 9.17) is 0 Å². The van der Waals surface area contributed by atoms with Gasteiger partial charge in [0.2, 0.25) is 0 Å². The lowest BCUT2D eigenvalue weighted by Crippen LogP contribution is -2.04. The Morgan fingerprint density at radius 1 is 1.57 bits per heavy atom. The van der Waals surface area contributed by atoms with Gasteiger partial charge in [-0.3, -0.25) is 9.59 Å². The molecule has 0 amide bonds. The highest BCUT2D eigenvalue weighted by molar-refractivity contribution is 9.09. The second-order valence-electron chi connectivity index (χ2n) is 2.90. The van der Waals surface area contributed by atoms with Crippen molar-refractivity contribution in [2.75, 3.05) is 0 Å². The minimum atomic E-state index is -0.435. The zero-order valence-electron chi connectivity index (χ0n) is 7.53. The monoisotopic (exact) mass is 272 g/mol. The summed E-state index contributed by atoms with van der Waals surface area (Å²) in [5.74, 6) is -0.0352. The summed E-state index contributed by atoms with van der Waals surface area (Å²) >= 11 is 7.39. The van der Waals surface area contributed by atoms with Crippen molar-refractivity contribution in [3.63, 3.8) is 0 Å². The Balaban J connectivity index is 3.23. The van der Waals surface area contributed by atoms with Crippen LogP contribution in [-0.4, -0.2) is 12.1 Å². The Morgan fingerprint density at radius 2 is 2.21 bits per heavy atom. The molecule has 1 aromatic rings. The number of carbonyl (C=O) groups is 2. The third-order valence-electron chi connectivity index (χ3n) is 1.83. The van der Waals surface area contributed by atoms with Crippen LogP contribution in [-0.2, 0) is 4.79 Å². The van der Waals surface area contributed by atoms with E-state index >= 15 is 0 Å². The maximum atomic E-state index is 11.1. The highest BCUT2D eigenvalue weighted by atomic mass is 79.9. The molecule has 1 atom stereocenters. The Kier molecular flexibility index (Phi) is 3.89. The molecule has 1 aromatic carbocycles. The number of rotatable bonds is 3. The fraction of sp³-hybridized carbons (Fsp3) is 0.200. The fourth-order valence-electron chi connectivity index (χ4n) is 1.11. The minimum Gasteiger partial charge on any atom is -0.298 e. The molecule has 0 saturated carbocycles. The zero-order valence-corrected chi connectivity index (χ0v) is 10.0. The van der Waals surface area contributed by atoms with Gasteiger partial charge in [-0.05, 0) is 24.6 Å². The number of ketones is 1. The van der Waals surface area contributed by atoms with Gasteiger partial charge in [0.05, 0.1) is 4.83 Å². The molecule has 0 bridgehead atoms. The molecule has 0 heterocycles. The second kappa shape index (κ2) is 4.75. The highest BCUT2D eigenvalue weighted by Crippen LogP contribution is 2.28. The lowest BCUT2D eigenvalue weighted by atomic mass is 10.0. The molecule has 0 N–H and O–H groups in total. The van der Waals surface area contributed by atoms with Gasteiger partial charge in [0.15, 0.2) is 0 Å². The Morgan fingerprint density at radius 3 is 2.71 bits per heavy atom. The van der Waals surface area contributed by atoms with Crippen molar-refractivity contribution < 1.29 is 9.59 Å². The van der Waals surface area contributed by atoms with Crippen molar-refractivity contribution in [1.82, 2.24) is 0 Å². The average molecular weight is 273 g/mol. The molecule has 0 radical (unpaired) electrons. The maximum Gasteiger partial charge on any atom is 0.150 e. The van der Waals surface area contributed by atoms with Crippen molar-refractivity contribution in [2.45, 2.75) is 16.6 Å². The topological polar surface area (TPSA) is 34.1 Å². The second-order valence-corrected chi connectivity index (χ2v) is 4.34. The third kappa shape index (κ3) is 2.45. The van der Waals surface area contributed by atoms with Crippen molar-refractivity contribution >= 4 is 40.6 Å². The van der Waals surface area contributed by atoms with E-state index in [1.54, 1.807) is 18.2 Å². The summed E-state index contributed by atoms with van der Waals surface area (Å²) < 4.78 is 0. The predicted molar refractivity (Wildman–Crippen MR) is 61.4 cm³/mol. The van der Waals surface area contributed by atoms with E-state index in [0.717, 1.165) is 11.2 Å². The number of benzene rings is 1. The number of aldehydes is 1. The summed E-state index contributed by atoms with van der Waals surface area (Å²) in [5.41, 5.74) is 1.18. The molecule has 0 fully saturated rings. The van der Waals surface area contributed by atoms with Crippen molar-refractivity contribution in [1.29, 1.82) is 0 Å². The molecule has 74 valence electrons. The van der Waals surface area contributed by atoms with E-state index in [-0.39, 0.29) is 5.78 Å². The first-order valence-corrected chi connectivity index (χ1v) is 5.35. The predicted octanol–water partition coefficient (Wildman–Crippen LogP) is 2.81. The van der Waals surface area contributed by atoms with Crippen LogP contribution < -0.4 is 0 Å². The zero-order chi connectivity index (χ0) is 10.7. The maximum absolute atomic E-state index is 11.1. The van der Waals surface area contributed by atoms with Crippen LogP contribution in [0.5, 0.6) is 0 Å². The van der Waals surface area contributed by atoms with Crippen LogP contribution in [0.25, 0.3) is 0 Å². The first-order valence-electron chi connectivity index (χ1n) is 3.99. The van der Waals surface area contributed by atoms with Crippen LogP contribution in [0.3, 0.4) is 0 Å². The number of hydrogen-bond donors (Lipinski definition) is 1. The Bertz CT molecular complexity index is 376. The van der Waals surface area contributed by atoms with Gasteiger partial charge in [0, 0.05) is 10.5 Å². The van der Waals surface area contributed by atoms with Crippen LogP contribution in [0.2, 0.25) is 0 Å². The van der Waals surface area contributed by atoms with Gasteiger partial charge in [-0.15, -0.1) is 12.6 Å². The molecule has 1 unspecified atom stereocenters. The SMILES string of the molecule is CC(=O)C(Br)c1cc(S)ccc1C=O. The average Bonchev–Trinajstić information content (AvgIpc) is 2.16. The molecule has 0 aromatic heterocycles. The van der Waals surface area contributed by atoms with Crippen LogP contribution in [0, 0.1) is 0 Å². The fourth-order valence-corrected chi connectivity index (χ4v) is 1.72. The lowest BCUT2D eigenvalue weighted by molar-refractivity contribution is -0.116. The number of halogens is 1. The van der Waals surface area contributed by atoms with Gasteiger partial charge in [-0.1, -0.05) is 22.0 Å². The van der Waals surface area contributed by atoms with Crippen LogP contribution in [0.1, 0.15) is 27.7 Å². The number of alkyl halides is 1. The Labute approximate surface area is 96.2 Å². The molecular formula is C10H9BrO2S. The van der Waals surface area contributed by atoms with Gasteiger partial charge in [-0.2, -0.15) is 0 Å². The molecule has 2 nitrogen and oxygen atoms in total. The van der Waals surface area contributed by atoms with E-state index in [9.17, 15) is 9.59 Å². The molecule has 0 aliphatic carbocycles. The van der Waals surface area contributed by atoms with Crippen molar-refractivity contribution in [3.05, 3.63) is 29.3 Å². The molecule has 1 rings (SSSR count). The van der Waals surface area contributed by atoms with E-state index in [1.165, 1.54) is 6.92 Å². The number of thiol groups is 1. The van der Waals surface area contributed by atoms with Crippen molar-refractivity contribution in [3.8, 4) is 0 Å². The first-order chi connectivity index (χ1) is 6.56. The lowest BCUT2D eigenvalue weighted by Gasteiger charge is -2.09. The van der Waals surface area contributed by atoms with Crippen LogP contribution in [0.15, 0.2) is 23.1 Å². The van der Waals surface area contributed by atoms with Gasteiger partial charge in [0.25, 0.3) is 0 Å². The quantitative estimate of drug-likeness (QED) is 0.522. The van der Waals surface area contributed by atoms with Crippen LogP contribution in [0.4, 0.5) is 0 Å². The summed E-state index contributed by atoms with van der Waals surface area (Å²) in [4.78, 5) is 22.1. The summed E-state index contributed by atoms with van der Waals surface area (Å²) in [5, 5.41) is 0. The molecular weight excluding hydrogens is 264 g/mol. The molecule has 0 spiro atoms. The summed E-state index contributed by atoms with van der Waals surface area (Å²) in [6, 6.07) is 5.09. The van der Waals surface area contributed by atoms with Gasteiger partial charge >= 0.3 is 0 Å². The summed E-state index contributed by atoms with van der Waals surface area (Å²) in [6.07, 6.45) is 0.736. The van der Waals surface area contributed by atoms with E-state index < -0.39 is 4.83 Å².